The van der Waals surface area contributed by atoms with Gasteiger partial charge in [0.2, 0.25) is 5.89 Å². The normalized spacial score (nSPS) is 12.2. The summed E-state index contributed by atoms with van der Waals surface area (Å²) in [7, 11) is 0. The Hall–Kier alpha value is -2.41. The van der Waals surface area contributed by atoms with Gasteiger partial charge >= 0.3 is 0 Å². The number of halogens is 1. The molecule has 0 saturated carbocycles. The molecule has 0 aliphatic carbocycles. The third kappa shape index (κ3) is 4.79. The second-order valence-corrected chi connectivity index (χ2v) is 5.38. The fraction of sp³-hybridized carbons (Fsp3) is 0.375. The van der Waals surface area contributed by atoms with Gasteiger partial charge in [-0.2, -0.15) is 0 Å². The fourth-order valence-corrected chi connectivity index (χ4v) is 1.82. The third-order valence-electron chi connectivity index (χ3n) is 3.28. The minimum atomic E-state index is -0.422. The monoisotopic (exact) mass is 322 g/mol. The van der Waals surface area contributed by atoms with Crippen molar-refractivity contribution >= 4 is 5.91 Å². The number of amides is 1. The maximum Gasteiger partial charge on any atom is 0.273 e. The summed E-state index contributed by atoms with van der Waals surface area (Å²) < 4.78 is 23.3. The van der Waals surface area contributed by atoms with Crippen LogP contribution in [0, 0.1) is 11.7 Å². The molecule has 1 aromatic heterocycles. The molecule has 0 radical (unpaired) electrons. The molecular weight excluding hydrogens is 303 g/mol. The molecule has 1 aromatic carbocycles. The van der Waals surface area contributed by atoms with E-state index >= 15 is 0 Å². The number of aromatic nitrogens is 1. The van der Waals surface area contributed by atoms with Crippen molar-refractivity contribution < 1.29 is 23.4 Å². The van der Waals surface area contributed by atoms with Gasteiger partial charge in [0.15, 0.2) is 12.3 Å². The molecule has 1 atom stereocenters. The van der Waals surface area contributed by atoms with E-state index in [1.165, 1.54) is 30.5 Å². The average molecular weight is 322 g/mol. The first-order valence-electron chi connectivity index (χ1n) is 7.24. The van der Waals surface area contributed by atoms with Crippen LogP contribution in [0.4, 0.5) is 4.39 Å². The third-order valence-corrected chi connectivity index (χ3v) is 3.28. The van der Waals surface area contributed by atoms with Gasteiger partial charge in [0.1, 0.15) is 17.8 Å². The van der Waals surface area contributed by atoms with Gasteiger partial charge in [-0.15, -0.1) is 0 Å². The van der Waals surface area contributed by atoms with Crippen molar-refractivity contribution in [3.8, 4) is 5.75 Å². The van der Waals surface area contributed by atoms with E-state index in [-0.39, 0.29) is 42.6 Å². The summed E-state index contributed by atoms with van der Waals surface area (Å²) >= 11 is 0. The van der Waals surface area contributed by atoms with Crippen LogP contribution in [0.2, 0.25) is 0 Å². The van der Waals surface area contributed by atoms with E-state index in [0.717, 1.165) is 0 Å². The number of nitrogens with one attached hydrogen (secondary N) is 1. The molecular formula is C16H19FN2O4. The predicted molar refractivity (Wildman–Crippen MR) is 80.4 cm³/mol. The molecule has 1 heterocycles. The maximum atomic E-state index is 12.8. The molecule has 0 spiro atoms. The van der Waals surface area contributed by atoms with E-state index in [1.807, 2.05) is 13.8 Å². The summed E-state index contributed by atoms with van der Waals surface area (Å²) in [4.78, 5) is 16.0. The van der Waals surface area contributed by atoms with E-state index in [1.54, 1.807) is 0 Å². The van der Waals surface area contributed by atoms with Crippen LogP contribution in [0.5, 0.6) is 5.75 Å². The van der Waals surface area contributed by atoms with Gasteiger partial charge in [-0.25, -0.2) is 9.37 Å². The van der Waals surface area contributed by atoms with E-state index in [0.29, 0.717) is 5.75 Å². The summed E-state index contributed by atoms with van der Waals surface area (Å²) in [5.41, 5.74) is 0.113. The number of hydrogen-bond donors (Lipinski definition) is 2. The average Bonchev–Trinajstić information content (AvgIpc) is 3.00. The Morgan fingerprint density at radius 1 is 1.39 bits per heavy atom. The molecule has 0 aliphatic rings. The molecule has 7 heteroatoms. The number of oxazole rings is 1. The Bertz CT molecular complexity index is 640. The zero-order valence-electron chi connectivity index (χ0n) is 13.0. The van der Waals surface area contributed by atoms with Gasteiger partial charge < -0.3 is 19.6 Å². The van der Waals surface area contributed by atoms with E-state index in [2.05, 4.69) is 10.3 Å². The SMILES string of the molecule is CC(C)[C@H](CO)NC(=O)c1coc(COc2ccc(F)cc2)n1. The number of hydrogen-bond acceptors (Lipinski definition) is 5. The molecule has 0 aliphatic heterocycles. The lowest BCUT2D eigenvalue weighted by Gasteiger charge is -2.18. The van der Waals surface area contributed by atoms with Gasteiger partial charge in [0.05, 0.1) is 12.6 Å². The molecule has 1 amide bonds. The first kappa shape index (κ1) is 17.0. The van der Waals surface area contributed by atoms with Crippen LogP contribution < -0.4 is 10.1 Å². The molecule has 2 aromatic rings. The highest BCUT2D eigenvalue weighted by Gasteiger charge is 2.19. The van der Waals surface area contributed by atoms with Crippen molar-refractivity contribution in [1.82, 2.24) is 10.3 Å². The van der Waals surface area contributed by atoms with E-state index < -0.39 is 5.91 Å². The lowest BCUT2D eigenvalue weighted by Crippen LogP contribution is -2.41. The number of rotatable bonds is 7. The number of aliphatic hydroxyl groups excluding tert-OH is 1. The molecule has 0 saturated heterocycles. The summed E-state index contributed by atoms with van der Waals surface area (Å²) in [6.45, 7) is 3.66. The van der Waals surface area contributed by atoms with Crippen LogP contribution in [-0.2, 0) is 6.61 Å². The number of ether oxygens (including phenoxy) is 1. The molecule has 0 fully saturated rings. The Morgan fingerprint density at radius 2 is 2.09 bits per heavy atom. The van der Waals surface area contributed by atoms with Crippen molar-refractivity contribution in [3.05, 3.63) is 47.9 Å². The Balaban J connectivity index is 1.92. The fourth-order valence-electron chi connectivity index (χ4n) is 1.82. The molecule has 2 N–H and O–H groups in total. The molecule has 0 unspecified atom stereocenters. The maximum absolute atomic E-state index is 12.8. The van der Waals surface area contributed by atoms with Crippen molar-refractivity contribution in [3.63, 3.8) is 0 Å². The van der Waals surface area contributed by atoms with Crippen LogP contribution in [0.3, 0.4) is 0 Å². The van der Waals surface area contributed by atoms with E-state index in [9.17, 15) is 14.3 Å². The van der Waals surface area contributed by atoms with Gasteiger partial charge in [0, 0.05) is 0 Å². The minimum absolute atomic E-state index is 0.0204. The first-order chi connectivity index (χ1) is 11.0. The lowest BCUT2D eigenvalue weighted by molar-refractivity contribution is 0.0891. The first-order valence-corrected chi connectivity index (χ1v) is 7.24. The van der Waals surface area contributed by atoms with Gasteiger partial charge in [0.25, 0.3) is 5.91 Å². The quantitative estimate of drug-likeness (QED) is 0.816. The molecule has 6 nitrogen and oxygen atoms in total. The Labute approximate surface area is 133 Å². The van der Waals surface area contributed by atoms with Crippen LogP contribution in [0.25, 0.3) is 0 Å². The predicted octanol–water partition coefficient (Wildman–Crippen LogP) is 2.14. The van der Waals surface area contributed by atoms with Gasteiger partial charge in [-0.1, -0.05) is 13.8 Å². The summed E-state index contributed by atoms with van der Waals surface area (Å²) in [6.07, 6.45) is 1.23. The standard InChI is InChI=1S/C16H19FN2O4/c1-10(2)13(7-20)19-16(21)14-8-23-15(18-14)9-22-12-5-3-11(17)4-6-12/h3-6,8,10,13,20H,7,9H2,1-2H3,(H,19,21)/t13-/m0/s1. The van der Waals surface area contributed by atoms with Gasteiger partial charge in [-0.05, 0) is 30.2 Å². The number of aliphatic hydroxyl groups is 1. The molecule has 0 bridgehead atoms. The molecule has 23 heavy (non-hydrogen) atoms. The number of carbonyl (C=O) groups excluding carboxylic acids is 1. The van der Waals surface area contributed by atoms with Crippen LogP contribution in [-0.4, -0.2) is 28.6 Å². The number of nitrogens with zero attached hydrogens (tertiary/aromatic N) is 1. The van der Waals surface area contributed by atoms with Gasteiger partial charge in [-0.3, -0.25) is 4.79 Å². The van der Waals surface area contributed by atoms with Crippen molar-refractivity contribution in [2.45, 2.75) is 26.5 Å². The zero-order chi connectivity index (χ0) is 16.8. The Kier molecular flexibility index (Phi) is 5.70. The second-order valence-electron chi connectivity index (χ2n) is 5.38. The highest BCUT2D eigenvalue weighted by atomic mass is 19.1. The smallest absolute Gasteiger partial charge is 0.273 e. The number of carbonyl (C=O) groups is 1. The van der Waals surface area contributed by atoms with Crippen LogP contribution in [0.15, 0.2) is 34.9 Å². The summed E-state index contributed by atoms with van der Waals surface area (Å²) in [5, 5.41) is 11.9. The molecule has 124 valence electrons. The Morgan fingerprint density at radius 3 is 2.70 bits per heavy atom. The van der Waals surface area contributed by atoms with Crippen molar-refractivity contribution in [2.24, 2.45) is 5.92 Å². The highest BCUT2D eigenvalue weighted by Crippen LogP contribution is 2.13. The largest absolute Gasteiger partial charge is 0.484 e. The second kappa shape index (κ2) is 7.73. The lowest BCUT2D eigenvalue weighted by atomic mass is 10.1. The number of benzene rings is 1. The summed E-state index contributed by atoms with van der Waals surface area (Å²) in [5.74, 6) is 0.0167. The topological polar surface area (TPSA) is 84.6 Å². The van der Waals surface area contributed by atoms with Crippen LogP contribution in [0.1, 0.15) is 30.2 Å². The minimum Gasteiger partial charge on any atom is -0.484 e. The van der Waals surface area contributed by atoms with Crippen molar-refractivity contribution in [2.75, 3.05) is 6.61 Å². The van der Waals surface area contributed by atoms with Crippen LogP contribution >= 0.6 is 0 Å². The molecule has 2 rings (SSSR count). The zero-order valence-corrected chi connectivity index (χ0v) is 13.0. The summed E-state index contributed by atoms with van der Waals surface area (Å²) in [6, 6.07) is 5.19. The van der Waals surface area contributed by atoms with Crippen molar-refractivity contribution in [1.29, 1.82) is 0 Å². The highest BCUT2D eigenvalue weighted by molar-refractivity contribution is 5.92. The van der Waals surface area contributed by atoms with E-state index in [4.69, 9.17) is 9.15 Å².